The summed E-state index contributed by atoms with van der Waals surface area (Å²) in [6.07, 6.45) is 1.32. The quantitative estimate of drug-likeness (QED) is 0.632. The van der Waals surface area contributed by atoms with Gasteiger partial charge in [-0.3, -0.25) is 0 Å². The first-order chi connectivity index (χ1) is 9.20. The lowest BCUT2D eigenvalue weighted by molar-refractivity contribution is 0.561. The van der Waals surface area contributed by atoms with Crippen molar-refractivity contribution in [2.45, 2.75) is 25.5 Å². The molecule has 0 aliphatic rings. The van der Waals surface area contributed by atoms with E-state index in [-0.39, 0.29) is 5.52 Å². The van der Waals surface area contributed by atoms with Gasteiger partial charge in [-0.25, -0.2) is 13.8 Å². The summed E-state index contributed by atoms with van der Waals surface area (Å²) in [5, 5.41) is 0. The van der Waals surface area contributed by atoms with Crippen LogP contribution in [0.15, 0.2) is 16.5 Å². The molecule has 108 valence electrons. The van der Waals surface area contributed by atoms with Gasteiger partial charge in [-0.2, -0.15) is 0 Å². The van der Waals surface area contributed by atoms with Crippen molar-refractivity contribution in [2.75, 3.05) is 0 Å². The number of hydrogen-bond donors (Lipinski definition) is 0. The Hall–Kier alpha value is -1.47. The molecule has 4 nitrogen and oxygen atoms in total. The molecule has 0 aliphatic carbocycles. The highest BCUT2D eigenvalue weighted by Gasteiger charge is 2.26. The monoisotopic (exact) mass is 299 g/mol. The molecule has 1 aromatic carbocycles. The van der Waals surface area contributed by atoms with Crippen LogP contribution >= 0.6 is 0 Å². The van der Waals surface area contributed by atoms with Gasteiger partial charge in [0.1, 0.15) is 33.7 Å². The minimum Gasteiger partial charge on any atom is -0.591 e. The first-order valence-corrected chi connectivity index (χ1v) is 7.08. The van der Waals surface area contributed by atoms with Gasteiger partial charge in [0, 0.05) is 13.1 Å². The number of nitrogens with zero attached hydrogens (tertiary/aromatic N) is 3. The predicted molar refractivity (Wildman–Crippen MR) is 76.1 cm³/mol. The maximum atomic E-state index is 13.6. The Bertz CT molecular complexity index is 676. The fourth-order valence-corrected chi connectivity index (χ4v) is 2.11. The van der Waals surface area contributed by atoms with E-state index in [1.807, 2.05) is 0 Å². The maximum Gasteiger partial charge on any atom is 0.156 e. The molecule has 0 N–H and O–H groups in total. The number of aromatic nitrogens is 2. The number of benzene rings is 1. The normalized spacial score (nSPS) is 14.3. The molecule has 1 atom stereocenters. The third kappa shape index (κ3) is 2.83. The molecule has 0 bridgehead atoms. The van der Waals surface area contributed by atoms with Crippen molar-refractivity contribution in [3.8, 4) is 0 Å². The summed E-state index contributed by atoms with van der Waals surface area (Å²) in [6, 6.07) is 1.98. The number of halogens is 2. The minimum absolute atomic E-state index is 0.0666. The van der Waals surface area contributed by atoms with Gasteiger partial charge < -0.3 is 9.12 Å². The van der Waals surface area contributed by atoms with Crippen LogP contribution in [0, 0.1) is 11.6 Å². The van der Waals surface area contributed by atoms with Crippen molar-refractivity contribution in [1.29, 1.82) is 0 Å². The minimum atomic E-state index is -1.43. The topological polar surface area (TPSA) is 53.2 Å². The van der Waals surface area contributed by atoms with E-state index in [0.29, 0.717) is 11.3 Å². The summed E-state index contributed by atoms with van der Waals surface area (Å²) in [5.74, 6) is -1.07. The van der Waals surface area contributed by atoms with Gasteiger partial charge in [-0.05, 0) is 26.8 Å². The zero-order valence-corrected chi connectivity index (χ0v) is 12.5. The molecule has 1 aromatic heterocycles. The van der Waals surface area contributed by atoms with Gasteiger partial charge in [-0.15, -0.1) is 0 Å². The van der Waals surface area contributed by atoms with Crippen molar-refractivity contribution in [1.82, 2.24) is 9.55 Å². The van der Waals surface area contributed by atoms with E-state index in [2.05, 4.69) is 9.38 Å². The van der Waals surface area contributed by atoms with Crippen LogP contribution in [0.1, 0.15) is 26.6 Å². The van der Waals surface area contributed by atoms with E-state index < -0.39 is 27.7 Å². The van der Waals surface area contributed by atoms with Crippen molar-refractivity contribution in [3.63, 3.8) is 0 Å². The number of aryl methyl sites for hydroxylation is 1. The second-order valence-electron chi connectivity index (χ2n) is 5.38. The molecule has 0 amide bonds. The highest BCUT2D eigenvalue weighted by Crippen LogP contribution is 2.20. The van der Waals surface area contributed by atoms with Crippen molar-refractivity contribution >= 4 is 28.6 Å². The third-order valence-electron chi connectivity index (χ3n) is 2.73. The molecular weight excluding hydrogens is 284 g/mol. The van der Waals surface area contributed by atoms with Crippen LogP contribution < -0.4 is 0 Å². The lowest BCUT2D eigenvalue weighted by atomic mass is 10.3. The van der Waals surface area contributed by atoms with Crippen molar-refractivity contribution < 1.29 is 13.3 Å². The highest BCUT2D eigenvalue weighted by atomic mass is 32.2. The van der Waals surface area contributed by atoms with E-state index in [9.17, 15) is 13.3 Å². The first kappa shape index (κ1) is 14.9. The van der Waals surface area contributed by atoms with Crippen molar-refractivity contribution in [3.05, 3.63) is 29.6 Å². The van der Waals surface area contributed by atoms with Gasteiger partial charge in [-0.1, -0.05) is 4.40 Å². The van der Waals surface area contributed by atoms with Crippen LogP contribution in [0.2, 0.25) is 0 Å². The molecule has 1 heterocycles. The van der Waals surface area contributed by atoms with Crippen LogP contribution in [-0.4, -0.2) is 25.1 Å². The molecule has 1 unspecified atom stereocenters. The van der Waals surface area contributed by atoms with E-state index in [4.69, 9.17) is 0 Å². The largest absolute Gasteiger partial charge is 0.591 e. The molecule has 0 spiro atoms. The highest BCUT2D eigenvalue weighted by molar-refractivity contribution is 7.91. The second-order valence-corrected chi connectivity index (χ2v) is 7.31. The third-order valence-corrected chi connectivity index (χ3v) is 4.07. The number of imidazole rings is 1. The molecule has 2 aromatic rings. The number of fused-ring (bicyclic) bond motifs is 1. The SMILES string of the molecule is Cn1c(/C=N/[S+]([O-])C(C)(C)C)nc2c(F)cc(F)cc21. The molecule has 0 radical (unpaired) electrons. The molecule has 7 heteroatoms. The Morgan fingerprint density at radius 1 is 1.35 bits per heavy atom. The zero-order chi connectivity index (χ0) is 15.1. The van der Waals surface area contributed by atoms with Gasteiger partial charge in [0.2, 0.25) is 0 Å². The standard InChI is InChI=1S/C13H15F2N3OS/c1-13(2,3)20(19)16-7-11-17-12-9(15)5-8(14)6-10(12)18(11)4/h5-7H,1-4H3/b16-7+. The molecule has 0 aliphatic heterocycles. The number of rotatable bonds is 2. The molecule has 0 saturated heterocycles. The summed E-state index contributed by atoms with van der Waals surface area (Å²) in [5.41, 5.74) is 0.391. The second kappa shape index (κ2) is 5.14. The summed E-state index contributed by atoms with van der Waals surface area (Å²) in [4.78, 5) is 4.04. The Morgan fingerprint density at radius 3 is 2.60 bits per heavy atom. The molecule has 2 rings (SSSR count). The summed E-state index contributed by atoms with van der Waals surface area (Å²) in [7, 11) is 1.62. The zero-order valence-electron chi connectivity index (χ0n) is 11.6. The van der Waals surface area contributed by atoms with E-state index in [1.54, 1.807) is 27.8 Å². The molecule has 0 fully saturated rings. The molecule has 20 heavy (non-hydrogen) atoms. The van der Waals surface area contributed by atoms with Gasteiger partial charge >= 0.3 is 0 Å². The van der Waals surface area contributed by atoms with Gasteiger partial charge in [0.15, 0.2) is 11.6 Å². The van der Waals surface area contributed by atoms with Crippen LogP contribution in [-0.2, 0) is 18.4 Å². The van der Waals surface area contributed by atoms with Gasteiger partial charge in [0.05, 0.1) is 5.52 Å². The van der Waals surface area contributed by atoms with Crippen LogP contribution in [0.5, 0.6) is 0 Å². The van der Waals surface area contributed by atoms with Crippen LogP contribution in [0.25, 0.3) is 11.0 Å². The number of hydrogen-bond acceptors (Lipinski definition) is 3. The summed E-state index contributed by atoms with van der Waals surface area (Å²) in [6.45, 7) is 5.39. The maximum absolute atomic E-state index is 13.6. The lowest BCUT2D eigenvalue weighted by Crippen LogP contribution is -2.26. The lowest BCUT2D eigenvalue weighted by Gasteiger charge is -2.17. The Balaban J connectivity index is 2.44. The van der Waals surface area contributed by atoms with E-state index in [1.165, 1.54) is 16.8 Å². The fourth-order valence-electron chi connectivity index (χ4n) is 1.60. The summed E-state index contributed by atoms with van der Waals surface area (Å²) < 4.78 is 43.6. The van der Waals surface area contributed by atoms with Crippen LogP contribution in [0.3, 0.4) is 0 Å². The molecule has 0 saturated carbocycles. The predicted octanol–water partition coefficient (Wildman–Crippen LogP) is 2.73. The first-order valence-electron chi connectivity index (χ1n) is 5.97. The van der Waals surface area contributed by atoms with Crippen molar-refractivity contribution in [2.24, 2.45) is 11.4 Å². The average molecular weight is 299 g/mol. The van der Waals surface area contributed by atoms with Gasteiger partial charge in [0.25, 0.3) is 0 Å². The Labute approximate surface area is 118 Å². The molecular formula is C13H15F2N3OS. The summed E-state index contributed by atoms with van der Waals surface area (Å²) >= 11 is -1.43. The average Bonchev–Trinajstić information content (AvgIpc) is 2.63. The van der Waals surface area contributed by atoms with E-state index in [0.717, 1.165) is 6.07 Å². The van der Waals surface area contributed by atoms with Crippen LogP contribution in [0.4, 0.5) is 8.78 Å². The Kier molecular flexibility index (Phi) is 3.84. The van der Waals surface area contributed by atoms with E-state index >= 15 is 0 Å². The Morgan fingerprint density at radius 2 is 2.00 bits per heavy atom. The smallest absolute Gasteiger partial charge is 0.156 e. The fraction of sp³-hybridized carbons (Fsp3) is 0.385.